The molecule has 2 N–H and O–H groups in total. The van der Waals surface area contributed by atoms with Crippen molar-refractivity contribution < 1.29 is 29.0 Å². The van der Waals surface area contributed by atoms with E-state index >= 15 is 0 Å². The van der Waals surface area contributed by atoms with E-state index < -0.39 is 35.2 Å². The maximum Gasteiger partial charge on any atom is 0.410 e. The average molecular weight is 502 g/mol. The molecule has 9 heteroatoms. The molecule has 3 amide bonds. The fourth-order valence-electron chi connectivity index (χ4n) is 5.06. The molecule has 0 radical (unpaired) electrons. The van der Waals surface area contributed by atoms with Gasteiger partial charge in [-0.25, -0.2) is 9.59 Å². The summed E-state index contributed by atoms with van der Waals surface area (Å²) in [4.78, 5) is 54.6. The maximum absolute atomic E-state index is 13.9. The molecule has 0 aromatic heterocycles. The number of carbonyl (C=O) groups excluding carboxylic acids is 3. The molecule has 9 nitrogen and oxygen atoms in total. The Morgan fingerprint density at radius 3 is 2.19 bits per heavy atom. The number of benzene rings is 1. The third-order valence-electron chi connectivity index (χ3n) is 7.07. The van der Waals surface area contributed by atoms with E-state index in [1.165, 1.54) is 4.90 Å². The minimum absolute atomic E-state index is 0.230. The largest absolute Gasteiger partial charge is 0.480 e. The smallest absolute Gasteiger partial charge is 0.410 e. The van der Waals surface area contributed by atoms with Crippen molar-refractivity contribution in [2.24, 2.45) is 5.92 Å². The Kier molecular flexibility index (Phi) is 8.31. The number of carbonyl (C=O) groups is 4. The second-order valence-corrected chi connectivity index (χ2v) is 11.1. The minimum atomic E-state index is -1.02. The molecular weight excluding hydrogens is 462 g/mol. The summed E-state index contributed by atoms with van der Waals surface area (Å²) in [6, 6.07) is 7.71. The van der Waals surface area contributed by atoms with Gasteiger partial charge in [0.1, 0.15) is 17.7 Å². The van der Waals surface area contributed by atoms with Crippen molar-refractivity contribution in [3.63, 3.8) is 0 Å². The van der Waals surface area contributed by atoms with Crippen LogP contribution in [0.4, 0.5) is 4.79 Å². The van der Waals surface area contributed by atoms with Crippen LogP contribution in [-0.4, -0.2) is 76.1 Å². The average Bonchev–Trinajstić information content (AvgIpc) is 3.32. The maximum atomic E-state index is 13.9. The summed E-state index contributed by atoms with van der Waals surface area (Å²) in [6.45, 7) is 10.2. The molecule has 2 atom stereocenters. The van der Waals surface area contributed by atoms with Crippen LogP contribution in [0.3, 0.4) is 0 Å². The van der Waals surface area contributed by atoms with Crippen LogP contribution in [-0.2, 0) is 24.5 Å². The van der Waals surface area contributed by atoms with Gasteiger partial charge in [-0.05, 0) is 57.9 Å². The number of hydrogen-bond donors (Lipinski definition) is 2. The highest BCUT2D eigenvalue weighted by Gasteiger charge is 2.46. The van der Waals surface area contributed by atoms with Gasteiger partial charge in [-0.3, -0.25) is 9.59 Å². The van der Waals surface area contributed by atoms with Gasteiger partial charge in [-0.2, -0.15) is 0 Å². The van der Waals surface area contributed by atoms with E-state index in [-0.39, 0.29) is 17.7 Å². The number of nitrogens with one attached hydrogen (secondary N) is 1. The van der Waals surface area contributed by atoms with Gasteiger partial charge in [0.25, 0.3) is 0 Å². The first-order valence-electron chi connectivity index (χ1n) is 12.7. The molecule has 0 spiro atoms. The Morgan fingerprint density at radius 2 is 1.67 bits per heavy atom. The Bertz CT molecular complexity index is 963. The summed E-state index contributed by atoms with van der Waals surface area (Å²) in [6.07, 6.45) is 1.38. The van der Waals surface area contributed by atoms with E-state index in [4.69, 9.17) is 4.74 Å². The zero-order valence-electron chi connectivity index (χ0n) is 22.0. The number of carboxylic acid groups (broad SMARTS) is 1. The molecule has 1 aromatic rings. The van der Waals surface area contributed by atoms with E-state index in [0.717, 1.165) is 5.56 Å². The molecule has 3 rings (SSSR count). The quantitative estimate of drug-likeness (QED) is 0.619. The van der Waals surface area contributed by atoms with E-state index in [1.54, 1.807) is 4.90 Å². The summed E-state index contributed by atoms with van der Waals surface area (Å²) in [5, 5.41) is 12.5. The first-order valence-corrected chi connectivity index (χ1v) is 12.7. The van der Waals surface area contributed by atoms with Crippen LogP contribution in [0.2, 0.25) is 0 Å². The van der Waals surface area contributed by atoms with Gasteiger partial charge >= 0.3 is 12.1 Å². The standard InChI is InChI=1S/C27H39N3O6/c1-18(2)21(22(31)30-15-9-12-20(30)23(32)33)28-24(34)27(19-10-7-6-8-11-19)13-16-29(17-14-27)25(35)36-26(3,4)5/h6-8,10-11,18,20-21H,9,12-17H2,1-5H3,(H,28,34)(H,32,33). The lowest BCUT2D eigenvalue weighted by atomic mass is 9.71. The van der Waals surface area contributed by atoms with Gasteiger partial charge in [0.05, 0.1) is 5.41 Å². The summed E-state index contributed by atoms with van der Waals surface area (Å²) in [7, 11) is 0. The van der Waals surface area contributed by atoms with Crippen LogP contribution >= 0.6 is 0 Å². The Morgan fingerprint density at radius 1 is 1.06 bits per heavy atom. The summed E-state index contributed by atoms with van der Waals surface area (Å²) < 4.78 is 5.51. The summed E-state index contributed by atoms with van der Waals surface area (Å²) >= 11 is 0. The first-order chi connectivity index (χ1) is 16.9. The monoisotopic (exact) mass is 501 g/mol. The highest BCUT2D eigenvalue weighted by Crippen LogP contribution is 2.37. The molecule has 1 aromatic carbocycles. The molecule has 2 fully saturated rings. The molecule has 0 saturated carbocycles. The van der Waals surface area contributed by atoms with E-state index in [1.807, 2.05) is 65.0 Å². The SMILES string of the molecule is CC(C)C(NC(=O)C1(c2ccccc2)CCN(C(=O)OC(C)(C)C)CC1)C(=O)N1CCCC1C(=O)O. The highest BCUT2D eigenvalue weighted by molar-refractivity contribution is 5.95. The van der Waals surface area contributed by atoms with Gasteiger partial charge in [-0.15, -0.1) is 0 Å². The van der Waals surface area contributed by atoms with Gasteiger partial charge in [-0.1, -0.05) is 44.2 Å². The van der Waals surface area contributed by atoms with Crippen LogP contribution in [0.1, 0.15) is 65.9 Å². The highest BCUT2D eigenvalue weighted by atomic mass is 16.6. The van der Waals surface area contributed by atoms with Crippen LogP contribution in [0.15, 0.2) is 30.3 Å². The molecule has 198 valence electrons. The zero-order chi connectivity index (χ0) is 26.7. The second kappa shape index (κ2) is 10.9. The van der Waals surface area contributed by atoms with Crippen LogP contribution in [0.5, 0.6) is 0 Å². The Labute approximate surface area is 213 Å². The van der Waals surface area contributed by atoms with Gasteiger partial charge in [0, 0.05) is 19.6 Å². The lowest BCUT2D eigenvalue weighted by molar-refractivity contribution is -0.150. The number of carboxylic acids is 1. The van der Waals surface area contributed by atoms with Crippen LogP contribution < -0.4 is 5.32 Å². The lowest BCUT2D eigenvalue weighted by Gasteiger charge is -2.42. The van der Waals surface area contributed by atoms with Crippen LogP contribution in [0.25, 0.3) is 0 Å². The predicted molar refractivity (Wildman–Crippen MR) is 134 cm³/mol. The normalized spacial score (nSPS) is 20.7. The summed E-state index contributed by atoms with van der Waals surface area (Å²) in [5.74, 6) is -1.90. The lowest BCUT2D eigenvalue weighted by Crippen LogP contribution is -2.59. The molecule has 2 aliphatic heterocycles. The Balaban J connectivity index is 1.83. The number of piperidine rings is 1. The third-order valence-corrected chi connectivity index (χ3v) is 7.07. The van der Waals surface area contributed by atoms with Crippen molar-refractivity contribution in [2.75, 3.05) is 19.6 Å². The fraction of sp³-hybridized carbons (Fsp3) is 0.630. The van der Waals surface area contributed by atoms with Gasteiger partial charge in [0.2, 0.25) is 11.8 Å². The molecule has 2 aliphatic rings. The molecule has 2 saturated heterocycles. The number of hydrogen-bond acceptors (Lipinski definition) is 5. The van der Waals surface area contributed by atoms with Gasteiger partial charge in [0.15, 0.2) is 0 Å². The number of aliphatic carboxylic acids is 1. The van der Waals surface area contributed by atoms with Crippen molar-refractivity contribution >= 4 is 23.9 Å². The molecule has 0 bridgehead atoms. The molecule has 2 unspecified atom stereocenters. The van der Waals surface area contributed by atoms with E-state index in [2.05, 4.69) is 5.32 Å². The fourth-order valence-corrected chi connectivity index (χ4v) is 5.06. The second-order valence-electron chi connectivity index (χ2n) is 11.1. The summed E-state index contributed by atoms with van der Waals surface area (Å²) in [5.41, 5.74) is -0.716. The Hall–Kier alpha value is -3.10. The van der Waals surface area contributed by atoms with E-state index in [0.29, 0.717) is 45.3 Å². The molecular formula is C27H39N3O6. The van der Waals surface area contributed by atoms with Crippen molar-refractivity contribution in [1.29, 1.82) is 0 Å². The number of ether oxygens (including phenoxy) is 1. The van der Waals surface area contributed by atoms with Crippen molar-refractivity contribution in [2.45, 2.75) is 83.4 Å². The van der Waals surface area contributed by atoms with Gasteiger partial charge < -0.3 is 25.0 Å². The zero-order valence-corrected chi connectivity index (χ0v) is 22.0. The van der Waals surface area contributed by atoms with Crippen molar-refractivity contribution in [1.82, 2.24) is 15.1 Å². The number of likely N-dealkylation sites (tertiary alicyclic amines) is 2. The topological polar surface area (TPSA) is 116 Å². The third kappa shape index (κ3) is 5.99. The predicted octanol–water partition coefficient (Wildman–Crippen LogP) is 3.17. The number of nitrogens with zero attached hydrogens (tertiary/aromatic N) is 2. The van der Waals surface area contributed by atoms with Crippen molar-refractivity contribution in [3.05, 3.63) is 35.9 Å². The number of amides is 3. The molecule has 2 heterocycles. The van der Waals surface area contributed by atoms with Crippen LogP contribution in [0, 0.1) is 5.92 Å². The minimum Gasteiger partial charge on any atom is -0.480 e. The number of rotatable bonds is 6. The first kappa shape index (κ1) is 27.5. The van der Waals surface area contributed by atoms with Crippen molar-refractivity contribution in [3.8, 4) is 0 Å². The molecule has 36 heavy (non-hydrogen) atoms. The molecule has 0 aliphatic carbocycles. The van der Waals surface area contributed by atoms with E-state index in [9.17, 15) is 24.3 Å².